The lowest BCUT2D eigenvalue weighted by Gasteiger charge is -2.25. The van der Waals surface area contributed by atoms with Gasteiger partial charge in [-0.1, -0.05) is 12.1 Å². The highest BCUT2D eigenvalue weighted by atomic mass is 19.4. The lowest BCUT2D eigenvalue weighted by molar-refractivity contribution is -0.140. The van der Waals surface area contributed by atoms with Gasteiger partial charge in [-0.2, -0.15) is 18.3 Å². The van der Waals surface area contributed by atoms with Crippen LogP contribution in [0.25, 0.3) is 10.8 Å². The Morgan fingerprint density at radius 3 is 2.69 bits per heavy atom. The molecule has 0 amide bonds. The summed E-state index contributed by atoms with van der Waals surface area (Å²) in [5, 5.41) is 12.8. The Balaban J connectivity index is 1.70. The molecular weight excluding hydrogens is 426 g/mol. The Kier molecular flexibility index (Phi) is 5.89. The SMILES string of the molecule is Cc1nnc(N[C@H](C)c2cccc(C(F)(F)F)c2F)c2cc(N(C)[C@@H]3CCOC3)ncc12. The molecule has 0 aliphatic carbocycles. The number of benzene rings is 1. The highest BCUT2D eigenvalue weighted by Crippen LogP contribution is 2.35. The highest BCUT2D eigenvalue weighted by Gasteiger charge is 2.35. The van der Waals surface area contributed by atoms with Gasteiger partial charge in [-0.25, -0.2) is 9.37 Å². The lowest BCUT2D eigenvalue weighted by Crippen LogP contribution is -2.32. The topological polar surface area (TPSA) is 63.2 Å². The fraction of sp³-hybridized carbons (Fsp3) is 0.409. The Morgan fingerprint density at radius 1 is 1.22 bits per heavy atom. The van der Waals surface area contributed by atoms with Gasteiger partial charge >= 0.3 is 6.18 Å². The van der Waals surface area contributed by atoms with E-state index in [9.17, 15) is 17.6 Å². The van der Waals surface area contributed by atoms with Gasteiger partial charge in [-0.05, 0) is 32.4 Å². The van der Waals surface area contributed by atoms with E-state index in [1.165, 1.54) is 12.1 Å². The number of hydrogen-bond donors (Lipinski definition) is 1. The molecule has 0 saturated carbocycles. The predicted octanol–water partition coefficient (Wildman–Crippen LogP) is 4.89. The Bertz CT molecular complexity index is 1130. The molecule has 1 aliphatic rings. The van der Waals surface area contributed by atoms with Crippen LogP contribution in [-0.4, -0.2) is 41.5 Å². The van der Waals surface area contributed by atoms with Crippen molar-refractivity contribution in [3.05, 3.63) is 53.1 Å². The minimum Gasteiger partial charge on any atom is -0.379 e. The van der Waals surface area contributed by atoms with E-state index in [1.807, 2.05) is 18.0 Å². The molecule has 1 aliphatic heterocycles. The monoisotopic (exact) mass is 449 g/mol. The van der Waals surface area contributed by atoms with Crippen molar-refractivity contribution < 1.29 is 22.3 Å². The highest BCUT2D eigenvalue weighted by molar-refractivity contribution is 5.94. The molecule has 4 rings (SSSR count). The average Bonchev–Trinajstić information content (AvgIpc) is 3.29. The molecule has 1 aromatic carbocycles. The first-order chi connectivity index (χ1) is 15.2. The second-order valence-electron chi connectivity index (χ2n) is 7.92. The summed E-state index contributed by atoms with van der Waals surface area (Å²) in [6.07, 6.45) is -2.19. The first-order valence-corrected chi connectivity index (χ1v) is 10.2. The molecule has 1 fully saturated rings. The fourth-order valence-corrected chi connectivity index (χ4v) is 3.86. The van der Waals surface area contributed by atoms with Crippen LogP contribution in [0.1, 0.15) is 36.2 Å². The molecule has 2 aromatic heterocycles. The Morgan fingerprint density at radius 2 is 2.00 bits per heavy atom. The summed E-state index contributed by atoms with van der Waals surface area (Å²) in [5.41, 5.74) is -0.741. The van der Waals surface area contributed by atoms with Crippen molar-refractivity contribution in [3.63, 3.8) is 0 Å². The molecular formula is C22H23F4N5O. The van der Waals surface area contributed by atoms with Crippen LogP contribution in [0.4, 0.5) is 29.2 Å². The van der Waals surface area contributed by atoms with Crippen LogP contribution in [0.3, 0.4) is 0 Å². The Labute approximate surface area is 182 Å². The molecule has 170 valence electrons. The van der Waals surface area contributed by atoms with Gasteiger partial charge in [-0.15, -0.1) is 5.10 Å². The number of rotatable bonds is 5. The molecule has 6 nitrogen and oxygen atoms in total. The maximum absolute atomic E-state index is 14.6. The van der Waals surface area contributed by atoms with E-state index in [4.69, 9.17) is 4.74 Å². The van der Waals surface area contributed by atoms with Crippen LogP contribution in [0.2, 0.25) is 0 Å². The average molecular weight is 449 g/mol. The molecule has 0 unspecified atom stereocenters. The lowest BCUT2D eigenvalue weighted by atomic mass is 10.0. The van der Waals surface area contributed by atoms with Crippen molar-refractivity contribution in [2.75, 3.05) is 30.5 Å². The summed E-state index contributed by atoms with van der Waals surface area (Å²) in [4.78, 5) is 6.56. The molecule has 3 aromatic rings. The molecule has 10 heteroatoms. The number of anilines is 2. The van der Waals surface area contributed by atoms with Crippen molar-refractivity contribution in [1.29, 1.82) is 0 Å². The van der Waals surface area contributed by atoms with Gasteiger partial charge in [0, 0.05) is 36.2 Å². The van der Waals surface area contributed by atoms with E-state index in [0.717, 1.165) is 17.9 Å². The maximum atomic E-state index is 14.6. The number of hydrogen-bond acceptors (Lipinski definition) is 6. The maximum Gasteiger partial charge on any atom is 0.419 e. The summed E-state index contributed by atoms with van der Waals surface area (Å²) in [5.74, 6) is -0.247. The van der Waals surface area contributed by atoms with E-state index >= 15 is 0 Å². The summed E-state index contributed by atoms with van der Waals surface area (Å²) in [6.45, 7) is 4.68. The molecule has 2 atom stereocenters. The van der Waals surface area contributed by atoms with Gasteiger partial charge in [0.2, 0.25) is 0 Å². The minimum absolute atomic E-state index is 0.107. The van der Waals surface area contributed by atoms with Crippen molar-refractivity contribution in [2.24, 2.45) is 0 Å². The normalized spacial score (nSPS) is 17.5. The number of nitrogens with zero attached hydrogens (tertiary/aromatic N) is 4. The van der Waals surface area contributed by atoms with E-state index < -0.39 is 23.6 Å². The molecule has 0 spiro atoms. The van der Waals surface area contributed by atoms with Crippen molar-refractivity contribution in [3.8, 4) is 0 Å². The predicted molar refractivity (Wildman–Crippen MR) is 113 cm³/mol. The number of likely N-dealkylation sites (N-methyl/N-ethyl adjacent to an activating group) is 1. The number of pyridine rings is 1. The van der Waals surface area contributed by atoms with Crippen molar-refractivity contribution in [1.82, 2.24) is 15.2 Å². The third kappa shape index (κ3) is 4.19. The number of aryl methyl sites for hydroxylation is 1. The van der Waals surface area contributed by atoms with Gasteiger partial charge in [0.15, 0.2) is 5.82 Å². The number of nitrogens with one attached hydrogen (secondary N) is 1. The van der Waals surface area contributed by atoms with E-state index in [1.54, 1.807) is 20.0 Å². The zero-order valence-electron chi connectivity index (χ0n) is 17.9. The molecule has 0 radical (unpaired) electrons. The summed E-state index contributed by atoms with van der Waals surface area (Å²) < 4.78 is 59.4. The largest absolute Gasteiger partial charge is 0.419 e. The third-order valence-corrected chi connectivity index (χ3v) is 5.80. The number of alkyl halides is 3. The molecule has 1 saturated heterocycles. The van der Waals surface area contributed by atoms with Crippen molar-refractivity contribution in [2.45, 2.75) is 38.5 Å². The smallest absolute Gasteiger partial charge is 0.379 e. The number of aromatic nitrogens is 3. The zero-order valence-corrected chi connectivity index (χ0v) is 17.9. The molecule has 3 heterocycles. The third-order valence-electron chi connectivity index (χ3n) is 5.80. The van der Waals surface area contributed by atoms with E-state index in [-0.39, 0.29) is 11.6 Å². The second-order valence-corrected chi connectivity index (χ2v) is 7.92. The Hall–Kier alpha value is -3.01. The second kappa shape index (κ2) is 8.50. The number of halogens is 4. The quantitative estimate of drug-likeness (QED) is 0.560. The van der Waals surface area contributed by atoms with Gasteiger partial charge in [0.25, 0.3) is 0 Å². The first-order valence-electron chi connectivity index (χ1n) is 10.2. The van der Waals surface area contributed by atoms with Crippen LogP contribution in [-0.2, 0) is 10.9 Å². The van der Waals surface area contributed by atoms with Crippen LogP contribution >= 0.6 is 0 Å². The number of fused-ring (bicyclic) bond motifs is 1. The first kappa shape index (κ1) is 22.2. The van der Waals surface area contributed by atoms with Gasteiger partial charge in [0.1, 0.15) is 11.6 Å². The standard InChI is InChI=1S/C22H23F4N5O/c1-12(15-5-4-6-18(20(15)23)22(24,25)26)28-21-16-9-19(31(3)14-7-8-32-11-14)27-10-17(16)13(2)29-30-21/h4-6,9-10,12,14H,7-8,11H2,1-3H3,(H,28,30)/t12-,14-/m1/s1. The summed E-state index contributed by atoms with van der Waals surface area (Å²) in [6, 6.07) is 4.52. The van der Waals surface area contributed by atoms with Gasteiger partial charge in [0.05, 0.1) is 29.9 Å². The van der Waals surface area contributed by atoms with Crippen LogP contribution in [0.5, 0.6) is 0 Å². The van der Waals surface area contributed by atoms with Crippen molar-refractivity contribution >= 4 is 22.4 Å². The van der Waals surface area contributed by atoms with E-state index in [2.05, 4.69) is 20.5 Å². The summed E-state index contributed by atoms with van der Waals surface area (Å²) in [7, 11) is 1.93. The minimum atomic E-state index is -4.77. The van der Waals surface area contributed by atoms with Crippen LogP contribution < -0.4 is 10.2 Å². The molecule has 1 N–H and O–H groups in total. The van der Waals surface area contributed by atoms with Gasteiger partial charge < -0.3 is 15.0 Å². The van der Waals surface area contributed by atoms with Gasteiger partial charge in [-0.3, -0.25) is 0 Å². The van der Waals surface area contributed by atoms with Crippen LogP contribution in [0.15, 0.2) is 30.5 Å². The number of ether oxygens (including phenoxy) is 1. The molecule has 0 bridgehead atoms. The fourth-order valence-electron chi connectivity index (χ4n) is 3.86. The van der Waals surface area contributed by atoms with Crippen LogP contribution in [0, 0.1) is 12.7 Å². The zero-order chi connectivity index (χ0) is 23.0. The molecule has 32 heavy (non-hydrogen) atoms. The van der Waals surface area contributed by atoms with E-state index in [0.29, 0.717) is 35.9 Å². The summed E-state index contributed by atoms with van der Waals surface area (Å²) >= 11 is 0.